The van der Waals surface area contributed by atoms with Gasteiger partial charge in [-0.3, -0.25) is 0 Å². The van der Waals surface area contributed by atoms with Crippen molar-refractivity contribution < 1.29 is 9.63 Å². The second-order valence-electron chi connectivity index (χ2n) is 3.98. The summed E-state index contributed by atoms with van der Waals surface area (Å²) >= 11 is 0. The summed E-state index contributed by atoms with van der Waals surface area (Å²) in [6.45, 7) is 5.43. The number of β-amino-alcohol motifs (C(OH)–C–C–N with tert-alkyl or cyclic N) is 1. The molecule has 0 aliphatic carbocycles. The Hall–Kier alpha value is -1.10. The lowest BCUT2D eigenvalue weighted by atomic mass is 10.2. The third-order valence-electron chi connectivity index (χ3n) is 2.38. The first kappa shape index (κ1) is 9.45. The van der Waals surface area contributed by atoms with Crippen molar-refractivity contribution in [1.82, 2.24) is 10.1 Å². The van der Waals surface area contributed by atoms with Crippen LogP contribution in [0.5, 0.6) is 0 Å². The summed E-state index contributed by atoms with van der Waals surface area (Å²) < 4.78 is 5.11. The summed E-state index contributed by atoms with van der Waals surface area (Å²) in [5, 5.41) is 13.2. The summed E-state index contributed by atoms with van der Waals surface area (Å²) in [4.78, 5) is 6.18. The molecule has 1 aliphatic heterocycles. The Balaban J connectivity index is 2.09. The molecule has 1 saturated heterocycles. The van der Waals surface area contributed by atoms with Crippen molar-refractivity contribution in [3.05, 3.63) is 5.82 Å². The van der Waals surface area contributed by atoms with Crippen LogP contribution >= 0.6 is 0 Å². The molecule has 1 atom stereocenters. The lowest BCUT2D eigenvalue weighted by Gasteiger charge is -2.09. The number of aromatic nitrogens is 2. The molecule has 1 aliphatic rings. The van der Waals surface area contributed by atoms with Gasteiger partial charge in [-0.15, -0.1) is 0 Å². The van der Waals surface area contributed by atoms with E-state index in [4.69, 9.17) is 4.52 Å². The number of hydrogen-bond acceptors (Lipinski definition) is 5. The summed E-state index contributed by atoms with van der Waals surface area (Å²) in [7, 11) is 0. The number of hydrogen-bond donors (Lipinski definition) is 1. The van der Waals surface area contributed by atoms with E-state index in [1.165, 1.54) is 0 Å². The standard InChI is InChI=1S/C9H15N3O2/c1-6(2)8-10-9(14-11-8)12-4-3-7(13)5-12/h6-7,13H,3-5H2,1-2H3/t7-/m0/s1. The molecule has 1 fully saturated rings. The maximum atomic E-state index is 9.35. The SMILES string of the molecule is CC(C)c1noc(N2CC[C@H](O)C2)n1. The molecule has 0 radical (unpaired) electrons. The van der Waals surface area contributed by atoms with Crippen molar-refractivity contribution in [3.63, 3.8) is 0 Å². The van der Waals surface area contributed by atoms with E-state index in [1.54, 1.807) is 0 Å². The minimum Gasteiger partial charge on any atom is -0.391 e. The second kappa shape index (κ2) is 3.57. The Morgan fingerprint density at radius 2 is 2.36 bits per heavy atom. The molecular formula is C9H15N3O2. The molecule has 5 heteroatoms. The van der Waals surface area contributed by atoms with Crippen LogP contribution < -0.4 is 4.90 Å². The van der Waals surface area contributed by atoms with Crippen LogP contribution in [0, 0.1) is 0 Å². The number of rotatable bonds is 2. The molecule has 0 bridgehead atoms. The van der Waals surface area contributed by atoms with E-state index in [2.05, 4.69) is 10.1 Å². The van der Waals surface area contributed by atoms with Crippen LogP contribution in [0.2, 0.25) is 0 Å². The molecule has 2 heterocycles. The highest BCUT2D eigenvalue weighted by atomic mass is 16.5. The molecule has 14 heavy (non-hydrogen) atoms. The van der Waals surface area contributed by atoms with Gasteiger partial charge in [0.25, 0.3) is 0 Å². The summed E-state index contributed by atoms with van der Waals surface area (Å²) in [6.07, 6.45) is 0.517. The van der Waals surface area contributed by atoms with E-state index < -0.39 is 0 Å². The van der Waals surface area contributed by atoms with Crippen molar-refractivity contribution in [3.8, 4) is 0 Å². The van der Waals surface area contributed by atoms with Gasteiger partial charge in [-0.1, -0.05) is 19.0 Å². The minimum atomic E-state index is -0.260. The quantitative estimate of drug-likeness (QED) is 0.758. The number of aliphatic hydroxyl groups is 1. The van der Waals surface area contributed by atoms with Gasteiger partial charge in [-0.2, -0.15) is 4.98 Å². The fourth-order valence-electron chi connectivity index (χ4n) is 1.50. The van der Waals surface area contributed by atoms with Gasteiger partial charge in [0.1, 0.15) is 0 Å². The van der Waals surface area contributed by atoms with Gasteiger partial charge >= 0.3 is 6.01 Å². The van der Waals surface area contributed by atoms with Crippen LogP contribution in [-0.2, 0) is 0 Å². The number of anilines is 1. The van der Waals surface area contributed by atoms with Crippen LogP contribution in [0.3, 0.4) is 0 Å². The molecule has 78 valence electrons. The third-order valence-corrected chi connectivity index (χ3v) is 2.38. The predicted octanol–water partition coefficient (Wildman–Crippen LogP) is 0.764. The number of nitrogens with zero attached hydrogens (tertiary/aromatic N) is 3. The highest BCUT2D eigenvalue weighted by Gasteiger charge is 2.24. The van der Waals surface area contributed by atoms with Crippen LogP contribution in [0.1, 0.15) is 32.0 Å². The van der Waals surface area contributed by atoms with E-state index in [1.807, 2.05) is 18.7 Å². The third kappa shape index (κ3) is 1.72. The Morgan fingerprint density at radius 1 is 1.57 bits per heavy atom. The zero-order chi connectivity index (χ0) is 10.1. The molecule has 0 aromatic carbocycles. The first-order valence-corrected chi connectivity index (χ1v) is 4.93. The van der Waals surface area contributed by atoms with Crippen molar-refractivity contribution in [2.75, 3.05) is 18.0 Å². The van der Waals surface area contributed by atoms with Gasteiger partial charge in [0.05, 0.1) is 6.10 Å². The van der Waals surface area contributed by atoms with Gasteiger partial charge in [0.15, 0.2) is 5.82 Å². The topological polar surface area (TPSA) is 62.4 Å². The maximum absolute atomic E-state index is 9.35. The Labute approximate surface area is 82.7 Å². The van der Waals surface area contributed by atoms with Crippen molar-refractivity contribution in [2.24, 2.45) is 0 Å². The Bertz CT molecular complexity index is 311. The van der Waals surface area contributed by atoms with Crippen molar-refractivity contribution >= 4 is 6.01 Å². The molecule has 1 N–H and O–H groups in total. The molecule has 0 unspecified atom stereocenters. The van der Waals surface area contributed by atoms with Crippen molar-refractivity contribution in [2.45, 2.75) is 32.3 Å². The van der Waals surface area contributed by atoms with Gasteiger partial charge in [0.2, 0.25) is 0 Å². The van der Waals surface area contributed by atoms with E-state index in [-0.39, 0.29) is 12.0 Å². The van der Waals surface area contributed by atoms with Crippen LogP contribution in [0.15, 0.2) is 4.52 Å². The highest BCUT2D eigenvalue weighted by molar-refractivity contribution is 5.27. The lowest BCUT2D eigenvalue weighted by molar-refractivity contribution is 0.197. The van der Waals surface area contributed by atoms with E-state index in [0.29, 0.717) is 12.6 Å². The van der Waals surface area contributed by atoms with Crippen LogP contribution in [0.4, 0.5) is 6.01 Å². The van der Waals surface area contributed by atoms with Gasteiger partial charge < -0.3 is 14.5 Å². The monoisotopic (exact) mass is 197 g/mol. The summed E-state index contributed by atoms with van der Waals surface area (Å²) in [5.74, 6) is 1.00. The molecule has 0 amide bonds. The van der Waals surface area contributed by atoms with Crippen molar-refractivity contribution in [1.29, 1.82) is 0 Å². The summed E-state index contributed by atoms with van der Waals surface area (Å²) in [5.41, 5.74) is 0. The first-order chi connectivity index (χ1) is 6.66. The predicted molar refractivity (Wildman–Crippen MR) is 51.2 cm³/mol. The van der Waals surface area contributed by atoms with Crippen LogP contribution in [0.25, 0.3) is 0 Å². The first-order valence-electron chi connectivity index (χ1n) is 4.93. The molecule has 0 spiro atoms. The maximum Gasteiger partial charge on any atom is 0.324 e. The smallest absolute Gasteiger partial charge is 0.324 e. The second-order valence-corrected chi connectivity index (χ2v) is 3.98. The van der Waals surface area contributed by atoms with Gasteiger partial charge in [0, 0.05) is 19.0 Å². The Kier molecular flexibility index (Phi) is 2.41. The fourth-order valence-corrected chi connectivity index (χ4v) is 1.50. The molecule has 0 saturated carbocycles. The molecule has 1 aromatic heterocycles. The minimum absolute atomic E-state index is 0.260. The highest BCUT2D eigenvalue weighted by Crippen LogP contribution is 2.20. The molecular weight excluding hydrogens is 182 g/mol. The van der Waals surface area contributed by atoms with Gasteiger partial charge in [-0.25, -0.2) is 0 Å². The summed E-state index contributed by atoms with van der Waals surface area (Å²) in [6, 6.07) is 0.533. The Morgan fingerprint density at radius 3 is 2.86 bits per heavy atom. The average Bonchev–Trinajstić information content (AvgIpc) is 2.70. The average molecular weight is 197 g/mol. The van der Waals surface area contributed by atoms with Crippen LogP contribution in [-0.4, -0.2) is 34.4 Å². The zero-order valence-electron chi connectivity index (χ0n) is 8.47. The van der Waals surface area contributed by atoms with Gasteiger partial charge in [-0.05, 0) is 6.42 Å². The van der Waals surface area contributed by atoms with E-state index in [9.17, 15) is 5.11 Å². The lowest BCUT2D eigenvalue weighted by Crippen LogP contribution is -2.21. The van der Waals surface area contributed by atoms with E-state index in [0.717, 1.165) is 18.8 Å². The normalized spacial score (nSPS) is 22.3. The molecule has 5 nitrogen and oxygen atoms in total. The molecule has 2 rings (SSSR count). The van der Waals surface area contributed by atoms with E-state index >= 15 is 0 Å². The largest absolute Gasteiger partial charge is 0.391 e. The number of aliphatic hydroxyl groups excluding tert-OH is 1. The fraction of sp³-hybridized carbons (Fsp3) is 0.778. The molecule has 1 aromatic rings. The zero-order valence-corrected chi connectivity index (χ0v) is 8.47.